The summed E-state index contributed by atoms with van der Waals surface area (Å²) in [5, 5.41) is 11.9. The first-order chi connectivity index (χ1) is 17.4. The molecule has 5 aromatic rings. The summed E-state index contributed by atoms with van der Waals surface area (Å²) in [4.78, 5) is 25.6. The largest absolute Gasteiger partial charge is 0.494 e. The van der Waals surface area contributed by atoms with E-state index in [0.717, 1.165) is 41.0 Å². The minimum atomic E-state index is -0.389. The lowest BCUT2D eigenvalue weighted by Gasteiger charge is -2.07. The van der Waals surface area contributed by atoms with Crippen LogP contribution in [0.15, 0.2) is 65.7 Å². The first-order valence-corrected chi connectivity index (χ1v) is 12.0. The molecule has 0 bridgehead atoms. The molecule has 3 heterocycles. The van der Waals surface area contributed by atoms with Crippen LogP contribution in [0.5, 0.6) is 5.75 Å². The Kier molecular flexibility index (Phi) is 6.28. The van der Waals surface area contributed by atoms with Gasteiger partial charge in [0.05, 0.1) is 12.3 Å². The molecule has 184 valence electrons. The lowest BCUT2D eigenvalue weighted by atomic mass is 10.1. The molecule has 0 aliphatic rings. The van der Waals surface area contributed by atoms with E-state index in [1.54, 1.807) is 16.9 Å². The Hall–Kier alpha value is -4.40. The summed E-state index contributed by atoms with van der Waals surface area (Å²) >= 11 is 0. The van der Waals surface area contributed by atoms with Crippen molar-refractivity contribution in [1.29, 1.82) is 0 Å². The minimum Gasteiger partial charge on any atom is -0.494 e. The van der Waals surface area contributed by atoms with Crippen LogP contribution >= 0.6 is 0 Å². The predicted molar refractivity (Wildman–Crippen MR) is 139 cm³/mol. The number of amides is 1. The maximum absolute atomic E-state index is 12.9. The van der Waals surface area contributed by atoms with Crippen LogP contribution in [-0.4, -0.2) is 36.3 Å². The van der Waals surface area contributed by atoms with Crippen LogP contribution in [0.2, 0.25) is 0 Å². The SMILES string of the molecule is CCCCOc1ccc(-c2cc3c4nn(CC(=O)Nc5cc(C)cc(C)c5)c(=O)n4ccn3n2)cc1. The van der Waals surface area contributed by atoms with Crippen molar-refractivity contribution in [2.75, 3.05) is 11.9 Å². The molecule has 0 spiro atoms. The van der Waals surface area contributed by atoms with Gasteiger partial charge < -0.3 is 10.1 Å². The number of rotatable bonds is 8. The van der Waals surface area contributed by atoms with Gasteiger partial charge in [-0.25, -0.2) is 18.4 Å². The second kappa shape index (κ2) is 9.69. The van der Waals surface area contributed by atoms with Crippen LogP contribution < -0.4 is 15.7 Å². The number of carbonyl (C=O) groups is 1. The summed E-state index contributed by atoms with van der Waals surface area (Å²) < 4.78 is 10.0. The maximum Gasteiger partial charge on any atom is 0.350 e. The van der Waals surface area contributed by atoms with Gasteiger partial charge in [-0.15, -0.1) is 5.10 Å². The summed E-state index contributed by atoms with van der Waals surface area (Å²) in [6.45, 7) is 6.57. The van der Waals surface area contributed by atoms with Gasteiger partial charge in [0, 0.05) is 23.6 Å². The lowest BCUT2D eigenvalue weighted by molar-refractivity contribution is -0.117. The Morgan fingerprint density at radius 2 is 1.75 bits per heavy atom. The number of ether oxygens (including phenoxy) is 1. The summed E-state index contributed by atoms with van der Waals surface area (Å²) in [6.07, 6.45) is 5.42. The van der Waals surface area contributed by atoms with E-state index < -0.39 is 0 Å². The normalized spacial score (nSPS) is 11.3. The Morgan fingerprint density at radius 3 is 2.47 bits per heavy atom. The number of nitrogens with one attached hydrogen (secondary N) is 1. The smallest absolute Gasteiger partial charge is 0.350 e. The van der Waals surface area contributed by atoms with E-state index in [1.807, 2.05) is 62.4 Å². The second-order valence-electron chi connectivity index (χ2n) is 8.94. The van der Waals surface area contributed by atoms with E-state index in [1.165, 1.54) is 9.08 Å². The van der Waals surface area contributed by atoms with E-state index >= 15 is 0 Å². The van der Waals surface area contributed by atoms with Crippen LogP contribution in [-0.2, 0) is 11.3 Å². The molecule has 0 fully saturated rings. The Labute approximate surface area is 207 Å². The quantitative estimate of drug-likeness (QED) is 0.332. The van der Waals surface area contributed by atoms with Gasteiger partial charge in [-0.2, -0.15) is 5.10 Å². The highest BCUT2D eigenvalue weighted by atomic mass is 16.5. The Balaban J connectivity index is 1.40. The van der Waals surface area contributed by atoms with Gasteiger partial charge in [-0.05, 0) is 73.9 Å². The molecular formula is C27H28N6O3. The van der Waals surface area contributed by atoms with Gasteiger partial charge in [0.15, 0.2) is 5.65 Å². The topological polar surface area (TPSA) is 94.9 Å². The summed E-state index contributed by atoms with van der Waals surface area (Å²) in [7, 11) is 0. The molecule has 9 nitrogen and oxygen atoms in total. The number of nitrogens with zero attached hydrogens (tertiary/aromatic N) is 5. The molecule has 3 aromatic heterocycles. The average molecular weight is 485 g/mol. The van der Waals surface area contributed by atoms with E-state index in [9.17, 15) is 9.59 Å². The molecule has 1 amide bonds. The van der Waals surface area contributed by atoms with Crippen molar-refractivity contribution in [3.63, 3.8) is 0 Å². The molecule has 1 N–H and O–H groups in total. The van der Waals surface area contributed by atoms with Gasteiger partial charge in [0.1, 0.15) is 17.8 Å². The van der Waals surface area contributed by atoms with Gasteiger partial charge >= 0.3 is 5.69 Å². The van der Waals surface area contributed by atoms with Gasteiger partial charge in [0.25, 0.3) is 0 Å². The highest BCUT2D eigenvalue weighted by Gasteiger charge is 2.15. The number of anilines is 1. The zero-order valence-corrected chi connectivity index (χ0v) is 20.6. The number of hydrogen-bond donors (Lipinski definition) is 1. The number of unbranched alkanes of at least 4 members (excludes halogenated alkanes) is 1. The molecule has 0 atom stereocenters. The van der Waals surface area contributed by atoms with Crippen LogP contribution in [0.4, 0.5) is 5.69 Å². The molecule has 0 aliphatic carbocycles. The van der Waals surface area contributed by atoms with Crippen molar-refractivity contribution in [1.82, 2.24) is 23.8 Å². The highest BCUT2D eigenvalue weighted by Crippen LogP contribution is 2.24. The third kappa shape index (κ3) is 4.72. The monoisotopic (exact) mass is 484 g/mol. The number of aryl methyl sites for hydroxylation is 2. The van der Waals surface area contributed by atoms with Gasteiger partial charge in [0.2, 0.25) is 5.91 Å². The third-order valence-electron chi connectivity index (χ3n) is 5.91. The van der Waals surface area contributed by atoms with Crippen molar-refractivity contribution in [2.24, 2.45) is 0 Å². The van der Waals surface area contributed by atoms with E-state index in [-0.39, 0.29) is 18.1 Å². The molecule has 5 rings (SSSR count). The Morgan fingerprint density at radius 1 is 1.00 bits per heavy atom. The molecule has 0 radical (unpaired) electrons. The molecule has 0 unspecified atom stereocenters. The van der Waals surface area contributed by atoms with Crippen LogP contribution in [0, 0.1) is 13.8 Å². The molecule has 0 saturated heterocycles. The van der Waals surface area contributed by atoms with Crippen LogP contribution in [0.25, 0.3) is 22.4 Å². The van der Waals surface area contributed by atoms with E-state index in [2.05, 4.69) is 22.4 Å². The standard InChI is InChI=1S/C27H28N6O3/c1-4-5-12-36-22-8-6-20(7-9-22)23-16-24-26-30-33(27(35)31(26)10-11-32(24)29-23)17-25(34)28-21-14-18(2)13-19(3)15-21/h6-11,13-16H,4-5,12,17H2,1-3H3,(H,28,34). The van der Waals surface area contributed by atoms with Crippen molar-refractivity contribution in [2.45, 2.75) is 40.2 Å². The number of aromatic nitrogens is 5. The number of carbonyl (C=O) groups excluding carboxylic acids is 1. The predicted octanol–water partition coefficient (Wildman–Crippen LogP) is 4.25. The molecule has 0 saturated carbocycles. The molecule has 9 heteroatoms. The second-order valence-corrected chi connectivity index (χ2v) is 8.94. The zero-order valence-electron chi connectivity index (χ0n) is 20.6. The summed E-state index contributed by atoms with van der Waals surface area (Å²) in [5.41, 5.74) is 5.17. The zero-order chi connectivity index (χ0) is 25.2. The number of hydrogen-bond acceptors (Lipinski definition) is 5. The van der Waals surface area contributed by atoms with E-state index in [0.29, 0.717) is 23.5 Å². The van der Waals surface area contributed by atoms with Gasteiger partial charge in [-0.3, -0.25) is 4.79 Å². The molecule has 0 aliphatic heterocycles. The third-order valence-corrected chi connectivity index (χ3v) is 5.91. The average Bonchev–Trinajstić information content (AvgIpc) is 3.40. The highest BCUT2D eigenvalue weighted by molar-refractivity contribution is 5.90. The van der Waals surface area contributed by atoms with Crippen LogP contribution in [0.1, 0.15) is 30.9 Å². The molecule has 2 aromatic carbocycles. The minimum absolute atomic E-state index is 0.194. The van der Waals surface area contributed by atoms with Crippen molar-refractivity contribution < 1.29 is 9.53 Å². The fraction of sp³-hybridized carbons (Fsp3) is 0.259. The first kappa shape index (κ1) is 23.3. The number of benzene rings is 2. The van der Waals surface area contributed by atoms with Crippen molar-refractivity contribution >= 4 is 22.8 Å². The van der Waals surface area contributed by atoms with E-state index in [4.69, 9.17) is 4.74 Å². The fourth-order valence-corrected chi connectivity index (χ4v) is 4.22. The number of fused-ring (bicyclic) bond motifs is 3. The molecule has 36 heavy (non-hydrogen) atoms. The fourth-order valence-electron chi connectivity index (χ4n) is 4.22. The lowest BCUT2D eigenvalue weighted by Crippen LogP contribution is -2.28. The van der Waals surface area contributed by atoms with Gasteiger partial charge in [-0.1, -0.05) is 19.4 Å². The van der Waals surface area contributed by atoms with Crippen LogP contribution in [0.3, 0.4) is 0 Å². The maximum atomic E-state index is 12.9. The van der Waals surface area contributed by atoms with Crippen molar-refractivity contribution in [3.05, 3.63) is 82.5 Å². The summed E-state index contributed by atoms with van der Waals surface area (Å²) in [6, 6.07) is 15.5. The first-order valence-electron chi connectivity index (χ1n) is 12.0. The summed E-state index contributed by atoms with van der Waals surface area (Å²) in [5.74, 6) is 0.500. The van der Waals surface area contributed by atoms with Crippen molar-refractivity contribution in [3.8, 4) is 17.0 Å². The Bertz CT molecular complexity index is 1590. The molecular weight excluding hydrogens is 456 g/mol.